The molecule has 2 aromatic rings. The van der Waals surface area contributed by atoms with E-state index in [1.165, 1.54) is 0 Å². The van der Waals surface area contributed by atoms with Crippen LogP contribution in [0, 0.1) is 0 Å². The van der Waals surface area contributed by atoms with Crippen LogP contribution in [0.4, 0.5) is 5.82 Å². The van der Waals surface area contributed by atoms with Gasteiger partial charge in [-0.05, 0) is 24.3 Å². The molecule has 0 spiro atoms. The van der Waals surface area contributed by atoms with Crippen LogP contribution in [-0.2, 0) is 10.0 Å². The van der Waals surface area contributed by atoms with E-state index in [0.29, 0.717) is 12.3 Å². The van der Waals surface area contributed by atoms with Crippen molar-refractivity contribution in [2.75, 3.05) is 30.3 Å². The van der Waals surface area contributed by atoms with Crippen molar-refractivity contribution in [3.8, 4) is 0 Å². The van der Waals surface area contributed by atoms with Gasteiger partial charge in [-0.3, -0.25) is 0 Å². The van der Waals surface area contributed by atoms with Gasteiger partial charge >= 0.3 is 0 Å². The average Bonchev–Trinajstić information content (AvgIpc) is 3.15. The molecule has 1 atom stereocenters. The van der Waals surface area contributed by atoms with E-state index in [1.807, 2.05) is 11.4 Å². The number of aromatic nitrogens is 2. The van der Waals surface area contributed by atoms with Crippen molar-refractivity contribution in [3.05, 3.63) is 17.8 Å². The summed E-state index contributed by atoms with van der Waals surface area (Å²) in [6.07, 6.45) is 3.21. The number of hydrogen-bond donors (Lipinski definition) is 0. The molecule has 0 amide bonds. The predicted octanol–water partition coefficient (Wildman–Crippen LogP) is 1.31. The van der Waals surface area contributed by atoms with Crippen molar-refractivity contribution >= 4 is 37.4 Å². The molecule has 6 nitrogen and oxygen atoms in total. The maximum atomic E-state index is 12.0. The predicted molar refractivity (Wildman–Crippen MR) is 83.1 cm³/mol. The first kappa shape index (κ1) is 13.4. The molecule has 2 aliphatic heterocycles. The summed E-state index contributed by atoms with van der Waals surface area (Å²) in [5.41, 5.74) is 0.960. The zero-order chi connectivity index (χ0) is 14.4. The Morgan fingerprint density at radius 3 is 3.00 bits per heavy atom. The fourth-order valence-electron chi connectivity index (χ4n) is 3.24. The highest BCUT2D eigenvalue weighted by molar-refractivity contribution is 7.89. The minimum absolute atomic E-state index is 0.0856. The molecule has 112 valence electrons. The summed E-state index contributed by atoms with van der Waals surface area (Å²) in [5, 5.41) is 2.02. The maximum absolute atomic E-state index is 12.0. The molecule has 2 aliphatic rings. The van der Waals surface area contributed by atoms with Gasteiger partial charge in [-0.1, -0.05) is 0 Å². The molecular weight excluding hydrogens is 308 g/mol. The second kappa shape index (κ2) is 4.89. The lowest BCUT2D eigenvalue weighted by molar-refractivity contribution is 0.362. The van der Waals surface area contributed by atoms with Crippen molar-refractivity contribution in [2.45, 2.75) is 18.9 Å². The monoisotopic (exact) mass is 324 g/mol. The highest BCUT2D eigenvalue weighted by atomic mass is 32.2. The molecule has 2 saturated heterocycles. The van der Waals surface area contributed by atoms with Gasteiger partial charge in [0.2, 0.25) is 10.0 Å². The van der Waals surface area contributed by atoms with Gasteiger partial charge in [0.15, 0.2) is 0 Å². The van der Waals surface area contributed by atoms with Gasteiger partial charge in [0.1, 0.15) is 12.1 Å². The molecular formula is C13H16N4O2S2. The molecule has 8 heteroatoms. The Labute approximate surface area is 127 Å². The van der Waals surface area contributed by atoms with E-state index in [4.69, 9.17) is 0 Å². The lowest BCUT2D eigenvalue weighted by atomic mass is 10.2. The number of fused-ring (bicyclic) bond motifs is 1. The second-order valence-corrected chi connectivity index (χ2v) is 8.46. The molecule has 1 unspecified atom stereocenters. The van der Waals surface area contributed by atoms with Crippen LogP contribution in [-0.4, -0.2) is 54.1 Å². The minimum Gasteiger partial charge on any atom is -0.354 e. The summed E-state index contributed by atoms with van der Waals surface area (Å²) >= 11 is 1.64. The van der Waals surface area contributed by atoms with Gasteiger partial charge in [0.05, 0.1) is 16.0 Å². The molecule has 0 radical (unpaired) electrons. The van der Waals surface area contributed by atoms with Gasteiger partial charge in [0.25, 0.3) is 0 Å². The normalized spacial score (nSPS) is 25.9. The Balaban J connectivity index is 1.61. The first-order valence-corrected chi connectivity index (χ1v) is 9.57. The summed E-state index contributed by atoms with van der Waals surface area (Å²) < 4.78 is 26.9. The highest BCUT2D eigenvalue weighted by Gasteiger charge is 2.38. The fraction of sp³-hybridized carbons (Fsp3) is 0.538. The molecule has 0 N–H and O–H groups in total. The van der Waals surface area contributed by atoms with E-state index in [1.54, 1.807) is 22.0 Å². The third kappa shape index (κ3) is 2.21. The molecule has 0 aliphatic carbocycles. The number of hydrogen-bond acceptors (Lipinski definition) is 6. The van der Waals surface area contributed by atoms with Gasteiger partial charge in [-0.2, -0.15) is 4.31 Å². The number of nitrogens with zero attached hydrogens (tertiary/aromatic N) is 4. The minimum atomic E-state index is -3.03. The van der Waals surface area contributed by atoms with Crippen molar-refractivity contribution in [3.63, 3.8) is 0 Å². The quantitative estimate of drug-likeness (QED) is 0.833. The first-order valence-electron chi connectivity index (χ1n) is 7.08. The summed E-state index contributed by atoms with van der Waals surface area (Å²) in [4.78, 5) is 10.9. The number of thiophene rings is 1. The summed E-state index contributed by atoms with van der Waals surface area (Å²) in [7, 11) is -3.03. The topological polar surface area (TPSA) is 66.4 Å². The number of rotatable bonds is 2. The highest BCUT2D eigenvalue weighted by Crippen LogP contribution is 2.32. The molecule has 4 rings (SSSR count). The number of sulfonamides is 1. The van der Waals surface area contributed by atoms with Crippen LogP contribution in [0.2, 0.25) is 0 Å². The van der Waals surface area contributed by atoms with Gasteiger partial charge < -0.3 is 4.90 Å². The van der Waals surface area contributed by atoms with Gasteiger partial charge in [-0.15, -0.1) is 11.3 Å². The molecule has 0 aromatic carbocycles. The standard InChI is InChI=1S/C13H16N4O2S2/c18-21(19)7-1-4-17(21)10-2-5-16(8-10)13-12-11(3-6-20-12)14-9-15-13/h3,6,9-10H,1-2,4-5,7-8H2. The Hall–Kier alpha value is -1.25. The summed E-state index contributed by atoms with van der Waals surface area (Å²) in [6.45, 7) is 2.24. The Kier molecular flexibility index (Phi) is 3.13. The van der Waals surface area contributed by atoms with Crippen molar-refractivity contribution in [1.29, 1.82) is 0 Å². The smallest absolute Gasteiger partial charge is 0.214 e. The SMILES string of the molecule is O=S1(=O)CCCN1C1CCN(c2ncnc3ccsc23)C1. The number of anilines is 1. The van der Waals surface area contributed by atoms with Gasteiger partial charge in [0, 0.05) is 25.7 Å². The zero-order valence-electron chi connectivity index (χ0n) is 11.5. The molecule has 21 heavy (non-hydrogen) atoms. The lowest BCUT2D eigenvalue weighted by Crippen LogP contribution is -2.38. The molecule has 2 aromatic heterocycles. The molecule has 2 fully saturated rings. The zero-order valence-corrected chi connectivity index (χ0v) is 13.1. The molecule has 0 bridgehead atoms. The average molecular weight is 324 g/mol. The van der Waals surface area contributed by atoms with E-state index in [0.717, 1.165) is 42.0 Å². The van der Waals surface area contributed by atoms with Crippen molar-refractivity contribution in [2.24, 2.45) is 0 Å². The summed E-state index contributed by atoms with van der Waals surface area (Å²) in [6, 6.07) is 2.08. The fourth-order valence-corrected chi connectivity index (χ4v) is 5.86. The Bertz CT molecular complexity index is 773. The van der Waals surface area contributed by atoms with Crippen LogP contribution in [0.3, 0.4) is 0 Å². The first-order chi connectivity index (χ1) is 10.1. The Morgan fingerprint density at radius 1 is 1.29 bits per heavy atom. The van der Waals surface area contributed by atoms with Crippen LogP contribution in [0.1, 0.15) is 12.8 Å². The third-order valence-electron chi connectivity index (χ3n) is 4.23. The van der Waals surface area contributed by atoms with E-state index in [9.17, 15) is 8.42 Å². The summed E-state index contributed by atoms with van der Waals surface area (Å²) in [5.74, 6) is 1.24. The van der Waals surface area contributed by atoms with E-state index in [-0.39, 0.29) is 6.04 Å². The maximum Gasteiger partial charge on any atom is 0.214 e. The third-order valence-corrected chi connectivity index (χ3v) is 7.13. The Morgan fingerprint density at radius 2 is 2.19 bits per heavy atom. The van der Waals surface area contributed by atoms with Crippen LogP contribution in [0.15, 0.2) is 17.8 Å². The van der Waals surface area contributed by atoms with Crippen molar-refractivity contribution < 1.29 is 8.42 Å². The van der Waals surface area contributed by atoms with Crippen LogP contribution in [0.25, 0.3) is 10.2 Å². The van der Waals surface area contributed by atoms with Crippen LogP contribution in [0.5, 0.6) is 0 Å². The lowest BCUT2D eigenvalue weighted by Gasteiger charge is -2.23. The van der Waals surface area contributed by atoms with Gasteiger partial charge in [-0.25, -0.2) is 18.4 Å². The van der Waals surface area contributed by atoms with Crippen LogP contribution >= 0.6 is 11.3 Å². The molecule has 0 saturated carbocycles. The van der Waals surface area contributed by atoms with E-state index < -0.39 is 10.0 Å². The second-order valence-electron chi connectivity index (χ2n) is 5.50. The van der Waals surface area contributed by atoms with E-state index >= 15 is 0 Å². The molecule has 4 heterocycles. The van der Waals surface area contributed by atoms with Crippen LogP contribution < -0.4 is 4.90 Å². The largest absolute Gasteiger partial charge is 0.354 e. The van der Waals surface area contributed by atoms with E-state index in [2.05, 4.69) is 14.9 Å². The van der Waals surface area contributed by atoms with Crippen molar-refractivity contribution in [1.82, 2.24) is 14.3 Å².